The average molecular weight is 181 g/mol. The summed E-state index contributed by atoms with van der Waals surface area (Å²) in [7, 11) is 0. The molecule has 2 N–H and O–H groups in total. The van der Waals surface area contributed by atoms with Crippen molar-refractivity contribution in [1.82, 2.24) is 0 Å². The Balaban J connectivity index is 1.80. The van der Waals surface area contributed by atoms with Crippen molar-refractivity contribution in [2.45, 2.75) is 63.8 Å². The molecule has 1 nitrogen and oxygen atoms in total. The van der Waals surface area contributed by atoms with E-state index < -0.39 is 0 Å². The molecule has 0 aromatic heterocycles. The van der Waals surface area contributed by atoms with Gasteiger partial charge in [-0.05, 0) is 37.5 Å². The van der Waals surface area contributed by atoms with Crippen molar-refractivity contribution in [1.29, 1.82) is 0 Å². The molecule has 2 aliphatic carbocycles. The summed E-state index contributed by atoms with van der Waals surface area (Å²) in [5.74, 6) is 1.78. The monoisotopic (exact) mass is 181 g/mol. The maximum absolute atomic E-state index is 6.27. The van der Waals surface area contributed by atoms with Crippen molar-refractivity contribution < 1.29 is 0 Å². The molecule has 0 heterocycles. The Bertz CT molecular complexity index is 143. The standard InChI is InChI=1S/C12H23N/c13-12(11-8-9-11)10-6-4-2-1-3-5-7-10/h10-12H,1-9,13H2. The molecule has 1 unspecified atom stereocenters. The van der Waals surface area contributed by atoms with Gasteiger partial charge in [-0.3, -0.25) is 0 Å². The molecule has 0 aromatic rings. The van der Waals surface area contributed by atoms with Gasteiger partial charge < -0.3 is 5.73 Å². The zero-order chi connectivity index (χ0) is 9.10. The lowest BCUT2D eigenvalue weighted by molar-refractivity contribution is 0.303. The summed E-state index contributed by atoms with van der Waals surface area (Å²) < 4.78 is 0. The molecule has 1 heteroatoms. The molecule has 76 valence electrons. The van der Waals surface area contributed by atoms with Crippen LogP contribution in [-0.4, -0.2) is 6.04 Å². The minimum absolute atomic E-state index is 0.554. The van der Waals surface area contributed by atoms with Crippen LogP contribution in [0.15, 0.2) is 0 Å². The van der Waals surface area contributed by atoms with Crippen LogP contribution in [-0.2, 0) is 0 Å². The summed E-state index contributed by atoms with van der Waals surface area (Å²) in [5.41, 5.74) is 6.27. The van der Waals surface area contributed by atoms with Gasteiger partial charge in [0.1, 0.15) is 0 Å². The van der Waals surface area contributed by atoms with E-state index in [1.807, 2.05) is 0 Å². The van der Waals surface area contributed by atoms with Gasteiger partial charge in [-0.2, -0.15) is 0 Å². The first-order valence-corrected chi connectivity index (χ1v) is 6.13. The molecule has 2 rings (SSSR count). The highest BCUT2D eigenvalue weighted by molar-refractivity contribution is 4.88. The highest BCUT2D eigenvalue weighted by Gasteiger charge is 2.33. The second-order valence-electron chi connectivity index (χ2n) is 5.02. The van der Waals surface area contributed by atoms with Crippen LogP contribution >= 0.6 is 0 Å². The van der Waals surface area contributed by atoms with E-state index in [1.54, 1.807) is 0 Å². The van der Waals surface area contributed by atoms with Crippen LogP contribution in [0.1, 0.15) is 57.8 Å². The summed E-state index contributed by atoms with van der Waals surface area (Å²) in [6.45, 7) is 0. The summed E-state index contributed by atoms with van der Waals surface area (Å²) in [5, 5.41) is 0. The minimum atomic E-state index is 0.554. The summed E-state index contributed by atoms with van der Waals surface area (Å²) in [6, 6.07) is 0.554. The third kappa shape index (κ3) is 2.70. The first kappa shape index (κ1) is 9.51. The van der Waals surface area contributed by atoms with Crippen molar-refractivity contribution in [3.8, 4) is 0 Å². The zero-order valence-corrected chi connectivity index (χ0v) is 8.67. The molecule has 1 atom stereocenters. The number of nitrogens with two attached hydrogens (primary N) is 1. The Labute approximate surface area is 82.1 Å². The topological polar surface area (TPSA) is 26.0 Å². The van der Waals surface area contributed by atoms with Gasteiger partial charge in [0, 0.05) is 6.04 Å². The zero-order valence-electron chi connectivity index (χ0n) is 8.67. The average Bonchev–Trinajstić information content (AvgIpc) is 2.84. The van der Waals surface area contributed by atoms with Crippen LogP contribution in [0.2, 0.25) is 0 Å². The quantitative estimate of drug-likeness (QED) is 0.696. The van der Waals surface area contributed by atoms with Crippen LogP contribution in [0.3, 0.4) is 0 Å². The van der Waals surface area contributed by atoms with E-state index in [-0.39, 0.29) is 0 Å². The Morgan fingerprint density at radius 3 is 1.69 bits per heavy atom. The third-order valence-electron chi connectivity index (χ3n) is 3.86. The van der Waals surface area contributed by atoms with E-state index in [4.69, 9.17) is 5.73 Å². The molecule has 0 bridgehead atoms. The Kier molecular flexibility index (Phi) is 3.26. The predicted molar refractivity (Wildman–Crippen MR) is 56.5 cm³/mol. The van der Waals surface area contributed by atoms with Crippen molar-refractivity contribution >= 4 is 0 Å². The minimum Gasteiger partial charge on any atom is -0.327 e. The van der Waals surface area contributed by atoms with E-state index in [1.165, 1.54) is 57.8 Å². The van der Waals surface area contributed by atoms with E-state index in [2.05, 4.69) is 0 Å². The number of hydrogen-bond donors (Lipinski definition) is 1. The molecule has 2 fully saturated rings. The first-order chi connectivity index (χ1) is 6.38. The molecular weight excluding hydrogens is 158 g/mol. The van der Waals surface area contributed by atoms with E-state index >= 15 is 0 Å². The molecule has 13 heavy (non-hydrogen) atoms. The van der Waals surface area contributed by atoms with Crippen LogP contribution in [0.4, 0.5) is 0 Å². The molecule has 0 amide bonds. The maximum atomic E-state index is 6.27. The molecule has 0 aliphatic heterocycles. The fourth-order valence-electron chi connectivity index (χ4n) is 2.74. The van der Waals surface area contributed by atoms with E-state index in [0.29, 0.717) is 6.04 Å². The van der Waals surface area contributed by atoms with E-state index in [0.717, 1.165) is 11.8 Å². The molecule has 0 aromatic carbocycles. The van der Waals surface area contributed by atoms with Gasteiger partial charge in [0.2, 0.25) is 0 Å². The summed E-state index contributed by atoms with van der Waals surface area (Å²) in [6.07, 6.45) is 12.9. The van der Waals surface area contributed by atoms with Gasteiger partial charge in [-0.25, -0.2) is 0 Å². The summed E-state index contributed by atoms with van der Waals surface area (Å²) >= 11 is 0. The van der Waals surface area contributed by atoms with Crippen LogP contribution in [0.25, 0.3) is 0 Å². The molecule has 2 aliphatic rings. The van der Waals surface area contributed by atoms with Crippen LogP contribution in [0.5, 0.6) is 0 Å². The lowest BCUT2D eigenvalue weighted by Crippen LogP contribution is -2.32. The van der Waals surface area contributed by atoms with Crippen molar-refractivity contribution in [2.75, 3.05) is 0 Å². The largest absolute Gasteiger partial charge is 0.327 e. The second kappa shape index (κ2) is 4.45. The highest BCUT2D eigenvalue weighted by atomic mass is 14.7. The molecular formula is C12H23N. The highest BCUT2D eigenvalue weighted by Crippen LogP contribution is 2.38. The fourth-order valence-corrected chi connectivity index (χ4v) is 2.74. The van der Waals surface area contributed by atoms with Crippen molar-refractivity contribution in [3.05, 3.63) is 0 Å². The van der Waals surface area contributed by atoms with Gasteiger partial charge in [0.15, 0.2) is 0 Å². The van der Waals surface area contributed by atoms with Gasteiger partial charge in [0.25, 0.3) is 0 Å². The number of rotatable bonds is 2. The Morgan fingerprint density at radius 2 is 1.15 bits per heavy atom. The normalized spacial score (nSPS) is 29.3. The van der Waals surface area contributed by atoms with Gasteiger partial charge >= 0.3 is 0 Å². The van der Waals surface area contributed by atoms with Crippen LogP contribution in [0, 0.1) is 11.8 Å². The Morgan fingerprint density at radius 1 is 0.692 bits per heavy atom. The van der Waals surface area contributed by atoms with Crippen molar-refractivity contribution in [2.24, 2.45) is 17.6 Å². The van der Waals surface area contributed by atoms with Crippen LogP contribution < -0.4 is 5.73 Å². The molecule has 0 spiro atoms. The smallest absolute Gasteiger partial charge is 0.00956 e. The SMILES string of the molecule is NC(C1CCCCCCC1)C1CC1. The second-order valence-corrected chi connectivity index (χ2v) is 5.02. The molecule has 2 saturated carbocycles. The summed E-state index contributed by atoms with van der Waals surface area (Å²) in [4.78, 5) is 0. The van der Waals surface area contributed by atoms with Gasteiger partial charge in [-0.15, -0.1) is 0 Å². The van der Waals surface area contributed by atoms with Gasteiger partial charge in [0.05, 0.1) is 0 Å². The number of hydrogen-bond acceptors (Lipinski definition) is 1. The van der Waals surface area contributed by atoms with Gasteiger partial charge in [-0.1, -0.05) is 32.1 Å². The first-order valence-electron chi connectivity index (χ1n) is 6.13. The Hall–Kier alpha value is -0.0400. The predicted octanol–water partition coefficient (Wildman–Crippen LogP) is 3.08. The third-order valence-corrected chi connectivity index (χ3v) is 3.86. The van der Waals surface area contributed by atoms with Crippen molar-refractivity contribution in [3.63, 3.8) is 0 Å². The maximum Gasteiger partial charge on any atom is 0.00956 e. The lowest BCUT2D eigenvalue weighted by atomic mass is 9.84. The molecule has 0 radical (unpaired) electrons. The van der Waals surface area contributed by atoms with E-state index in [9.17, 15) is 0 Å². The fraction of sp³-hybridized carbons (Fsp3) is 1.00. The lowest BCUT2D eigenvalue weighted by Gasteiger charge is -2.25. The molecule has 0 saturated heterocycles.